The SMILES string of the molecule is CN(O)c1ccc(-c2ccc(S(=O)(=O)NC(C)(C)C)s2)nc1Nc1cc(C2CC2)[nH]n1. The molecule has 1 saturated carbocycles. The summed E-state index contributed by atoms with van der Waals surface area (Å²) in [6.45, 7) is 5.39. The van der Waals surface area contributed by atoms with Crippen molar-refractivity contribution in [2.45, 2.75) is 49.3 Å². The van der Waals surface area contributed by atoms with Crippen LogP contribution in [0.4, 0.5) is 17.3 Å². The number of anilines is 3. The minimum atomic E-state index is -3.62. The lowest BCUT2D eigenvalue weighted by Crippen LogP contribution is -2.40. The minimum Gasteiger partial charge on any atom is -0.322 e. The number of thiophene rings is 1. The number of aromatic amines is 1. The lowest BCUT2D eigenvalue weighted by Gasteiger charge is -2.19. The Morgan fingerprint density at radius 2 is 1.97 bits per heavy atom. The molecule has 0 amide bonds. The van der Waals surface area contributed by atoms with E-state index in [2.05, 4.69) is 25.2 Å². The van der Waals surface area contributed by atoms with Gasteiger partial charge in [-0.15, -0.1) is 11.3 Å². The zero-order chi connectivity index (χ0) is 22.4. The minimum absolute atomic E-state index is 0.221. The van der Waals surface area contributed by atoms with Gasteiger partial charge >= 0.3 is 0 Å². The molecule has 0 bridgehead atoms. The summed E-state index contributed by atoms with van der Waals surface area (Å²) in [4.78, 5) is 5.33. The molecule has 0 aliphatic heterocycles. The van der Waals surface area contributed by atoms with Gasteiger partial charge in [-0.05, 0) is 57.9 Å². The van der Waals surface area contributed by atoms with E-state index in [0.717, 1.165) is 34.9 Å². The molecule has 1 aliphatic carbocycles. The molecule has 3 heterocycles. The molecule has 1 aliphatic rings. The molecule has 0 spiro atoms. The van der Waals surface area contributed by atoms with Crippen LogP contribution in [0, 0.1) is 0 Å². The van der Waals surface area contributed by atoms with Gasteiger partial charge in [-0.2, -0.15) is 5.10 Å². The highest BCUT2D eigenvalue weighted by Crippen LogP contribution is 2.40. The van der Waals surface area contributed by atoms with Crippen molar-refractivity contribution in [1.82, 2.24) is 19.9 Å². The van der Waals surface area contributed by atoms with Crippen LogP contribution >= 0.6 is 11.3 Å². The van der Waals surface area contributed by atoms with Crippen molar-refractivity contribution in [2.75, 3.05) is 17.4 Å². The monoisotopic (exact) mass is 462 g/mol. The lowest BCUT2D eigenvalue weighted by atomic mass is 10.1. The van der Waals surface area contributed by atoms with Gasteiger partial charge in [0.25, 0.3) is 10.0 Å². The van der Waals surface area contributed by atoms with Gasteiger partial charge in [0.2, 0.25) is 0 Å². The van der Waals surface area contributed by atoms with E-state index in [1.54, 1.807) is 45.0 Å². The third kappa shape index (κ3) is 5.06. The Hall–Kier alpha value is -2.47. The van der Waals surface area contributed by atoms with E-state index >= 15 is 0 Å². The van der Waals surface area contributed by atoms with Crippen LogP contribution in [0.25, 0.3) is 10.6 Å². The predicted octanol–water partition coefficient (Wildman–Crippen LogP) is 4.06. The quantitative estimate of drug-likeness (QED) is 0.391. The van der Waals surface area contributed by atoms with Gasteiger partial charge in [0.1, 0.15) is 9.90 Å². The zero-order valence-corrected chi connectivity index (χ0v) is 19.4. The zero-order valence-electron chi connectivity index (χ0n) is 17.8. The van der Waals surface area contributed by atoms with Gasteiger partial charge in [0, 0.05) is 30.3 Å². The van der Waals surface area contributed by atoms with E-state index in [-0.39, 0.29) is 4.21 Å². The molecule has 0 saturated heterocycles. The maximum absolute atomic E-state index is 12.6. The van der Waals surface area contributed by atoms with Gasteiger partial charge in [-0.3, -0.25) is 15.4 Å². The first-order chi connectivity index (χ1) is 14.5. The van der Waals surface area contributed by atoms with E-state index in [4.69, 9.17) is 0 Å². The van der Waals surface area contributed by atoms with Gasteiger partial charge in [-0.25, -0.2) is 18.1 Å². The summed E-state index contributed by atoms with van der Waals surface area (Å²) in [5.74, 6) is 1.57. The largest absolute Gasteiger partial charge is 0.322 e. The number of aromatic nitrogens is 3. The molecule has 0 radical (unpaired) electrons. The predicted molar refractivity (Wildman–Crippen MR) is 122 cm³/mol. The number of sulfonamides is 1. The highest BCUT2D eigenvalue weighted by molar-refractivity contribution is 7.91. The number of rotatable bonds is 7. The van der Waals surface area contributed by atoms with E-state index < -0.39 is 15.6 Å². The number of hydrogen-bond donors (Lipinski definition) is 4. The van der Waals surface area contributed by atoms with Crippen LogP contribution < -0.4 is 15.1 Å². The summed E-state index contributed by atoms with van der Waals surface area (Å²) in [6.07, 6.45) is 2.32. The highest BCUT2D eigenvalue weighted by Gasteiger charge is 2.26. The van der Waals surface area contributed by atoms with Crippen LogP contribution in [-0.4, -0.2) is 41.4 Å². The summed E-state index contributed by atoms with van der Waals surface area (Å²) in [6, 6.07) is 8.72. The number of nitrogens with one attached hydrogen (secondary N) is 3. The summed E-state index contributed by atoms with van der Waals surface area (Å²) >= 11 is 1.14. The third-order valence-electron chi connectivity index (χ3n) is 4.62. The van der Waals surface area contributed by atoms with Crippen molar-refractivity contribution >= 4 is 38.7 Å². The molecule has 9 nitrogen and oxygen atoms in total. The van der Waals surface area contributed by atoms with Gasteiger partial charge in [-0.1, -0.05) is 0 Å². The normalized spacial score (nSPS) is 14.6. The van der Waals surface area contributed by atoms with Crippen molar-refractivity contribution in [1.29, 1.82) is 0 Å². The average Bonchev–Trinajstić information content (AvgIpc) is 3.19. The van der Waals surface area contributed by atoms with Crippen molar-refractivity contribution in [3.63, 3.8) is 0 Å². The van der Waals surface area contributed by atoms with Crippen molar-refractivity contribution < 1.29 is 13.6 Å². The number of hydrogen-bond acceptors (Lipinski definition) is 8. The Labute approximate surface area is 185 Å². The molecule has 0 unspecified atom stereocenters. The lowest BCUT2D eigenvalue weighted by molar-refractivity contribution is 0.279. The second-order valence-electron chi connectivity index (χ2n) is 8.67. The average molecular weight is 463 g/mol. The highest BCUT2D eigenvalue weighted by atomic mass is 32.2. The topological polar surface area (TPSA) is 123 Å². The van der Waals surface area contributed by atoms with E-state index in [0.29, 0.717) is 33.8 Å². The van der Waals surface area contributed by atoms with E-state index in [1.807, 2.05) is 6.07 Å². The molecule has 166 valence electrons. The maximum atomic E-state index is 12.6. The molecule has 0 aromatic carbocycles. The Morgan fingerprint density at radius 1 is 1.23 bits per heavy atom. The fraction of sp³-hybridized carbons (Fsp3) is 0.400. The first kappa shape index (κ1) is 21.8. The number of pyridine rings is 1. The van der Waals surface area contributed by atoms with Crippen LogP contribution in [0.5, 0.6) is 0 Å². The number of hydroxylamine groups is 1. The second-order valence-corrected chi connectivity index (χ2v) is 11.7. The van der Waals surface area contributed by atoms with Gasteiger partial charge < -0.3 is 5.32 Å². The summed E-state index contributed by atoms with van der Waals surface area (Å²) in [7, 11) is -2.11. The van der Waals surface area contributed by atoms with E-state index in [1.165, 1.54) is 7.05 Å². The molecule has 1 fully saturated rings. The molecule has 3 aromatic heterocycles. The molecular weight excluding hydrogens is 436 g/mol. The van der Waals surface area contributed by atoms with Crippen molar-refractivity contribution in [2.24, 2.45) is 0 Å². The first-order valence-corrected chi connectivity index (χ1v) is 12.2. The molecule has 11 heteroatoms. The first-order valence-electron chi connectivity index (χ1n) is 9.92. The standard InChI is InChI=1S/C20H26N6O3S2/c1-20(2,3)25-31(28,29)18-10-9-16(30-18)13-7-8-15(26(4)27)19(21-13)22-17-11-14(23-24-17)12-5-6-12/h7-12,25,27H,5-6H2,1-4H3,(H2,21,22,23,24). The summed E-state index contributed by atoms with van der Waals surface area (Å²) < 4.78 is 28.1. The van der Waals surface area contributed by atoms with Crippen LogP contribution in [0.2, 0.25) is 0 Å². The van der Waals surface area contributed by atoms with Crippen LogP contribution in [0.3, 0.4) is 0 Å². The van der Waals surface area contributed by atoms with Crippen LogP contribution in [-0.2, 0) is 10.0 Å². The van der Waals surface area contributed by atoms with Gasteiger partial charge in [0.15, 0.2) is 11.6 Å². The second kappa shape index (κ2) is 7.90. The third-order valence-corrected chi connectivity index (χ3v) is 7.98. The fourth-order valence-electron chi connectivity index (χ4n) is 3.12. The Morgan fingerprint density at radius 3 is 2.61 bits per heavy atom. The smallest absolute Gasteiger partial charge is 0.250 e. The fourth-order valence-corrected chi connectivity index (χ4v) is 5.82. The van der Waals surface area contributed by atoms with Crippen LogP contribution in [0.1, 0.15) is 45.2 Å². The number of nitrogens with zero attached hydrogens (tertiary/aromatic N) is 3. The van der Waals surface area contributed by atoms with Crippen LogP contribution in [0.15, 0.2) is 34.5 Å². The summed E-state index contributed by atoms with van der Waals surface area (Å²) in [5, 5.41) is 21.5. The van der Waals surface area contributed by atoms with Gasteiger partial charge in [0.05, 0.1) is 10.6 Å². The Bertz CT molecular complexity index is 1190. The molecule has 31 heavy (non-hydrogen) atoms. The molecule has 4 N–H and O–H groups in total. The van der Waals surface area contributed by atoms with Crippen molar-refractivity contribution in [3.05, 3.63) is 36.0 Å². The Balaban J connectivity index is 1.63. The molecule has 4 rings (SSSR count). The molecule has 3 aromatic rings. The summed E-state index contributed by atoms with van der Waals surface area (Å²) in [5.41, 5.74) is 1.57. The molecule has 0 atom stereocenters. The number of H-pyrrole nitrogens is 1. The van der Waals surface area contributed by atoms with Crippen molar-refractivity contribution in [3.8, 4) is 10.6 Å². The molecular formula is C20H26N6O3S2. The van der Waals surface area contributed by atoms with E-state index in [9.17, 15) is 13.6 Å². The Kier molecular flexibility index (Phi) is 5.54. The maximum Gasteiger partial charge on any atom is 0.250 e.